The zero-order valence-corrected chi connectivity index (χ0v) is 16.3. The van der Waals surface area contributed by atoms with Crippen LogP contribution in [-0.2, 0) is 22.4 Å². The first-order chi connectivity index (χ1) is 13.5. The van der Waals surface area contributed by atoms with Crippen molar-refractivity contribution in [3.05, 3.63) is 53.6 Å². The van der Waals surface area contributed by atoms with Crippen molar-refractivity contribution >= 4 is 29.6 Å². The van der Waals surface area contributed by atoms with Crippen molar-refractivity contribution in [2.24, 2.45) is 0 Å². The second-order valence-electron chi connectivity index (χ2n) is 7.11. The standard InChI is InChI=1S/C21H21N3O3S/c1-28-17-4-2-3-12(10-17)13-5-6-14-8-16(9-15(14)7-13)22-19(25)11-18-20(26)24-21(27)23-18/h2-7,10,16,18H,8-9,11H2,1H3,(H,22,25)(H2,23,24,26,27). The number of hydrogen-bond acceptors (Lipinski definition) is 4. The Morgan fingerprint density at radius 1 is 1.11 bits per heavy atom. The van der Waals surface area contributed by atoms with Crippen LogP contribution in [0.2, 0.25) is 0 Å². The van der Waals surface area contributed by atoms with Gasteiger partial charge in [-0.15, -0.1) is 11.8 Å². The van der Waals surface area contributed by atoms with Crippen LogP contribution in [-0.4, -0.2) is 36.2 Å². The SMILES string of the molecule is CSc1cccc(-c2ccc3c(c2)CC(NC(=O)CC2NC(=O)NC2=O)C3)c1. The van der Waals surface area contributed by atoms with Gasteiger partial charge in [0.15, 0.2) is 0 Å². The summed E-state index contributed by atoms with van der Waals surface area (Å²) in [7, 11) is 0. The molecule has 2 atom stereocenters. The van der Waals surface area contributed by atoms with Crippen molar-refractivity contribution in [1.82, 2.24) is 16.0 Å². The number of imide groups is 1. The fourth-order valence-electron chi connectivity index (χ4n) is 3.78. The van der Waals surface area contributed by atoms with E-state index in [1.165, 1.54) is 27.1 Å². The molecule has 2 unspecified atom stereocenters. The van der Waals surface area contributed by atoms with E-state index in [0.717, 1.165) is 12.8 Å². The summed E-state index contributed by atoms with van der Waals surface area (Å²) in [6, 6.07) is 13.6. The lowest BCUT2D eigenvalue weighted by Gasteiger charge is -2.13. The second kappa shape index (κ2) is 7.67. The van der Waals surface area contributed by atoms with Gasteiger partial charge in [0.25, 0.3) is 5.91 Å². The Morgan fingerprint density at radius 3 is 2.64 bits per heavy atom. The number of benzene rings is 2. The molecule has 0 saturated carbocycles. The van der Waals surface area contributed by atoms with Crippen molar-refractivity contribution < 1.29 is 14.4 Å². The van der Waals surface area contributed by atoms with Crippen molar-refractivity contribution in [2.45, 2.75) is 36.2 Å². The molecular weight excluding hydrogens is 374 g/mol. The predicted molar refractivity (Wildman–Crippen MR) is 108 cm³/mol. The fraction of sp³-hybridized carbons (Fsp3) is 0.286. The molecule has 2 aromatic rings. The van der Waals surface area contributed by atoms with Gasteiger partial charge in [-0.05, 0) is 53.5 Å². The Kier molecular flexibility index (Phi) is 5.09. The molecule has 0 radical (unpaired) electrons. The number of urea groups is 1. The van der Waals surface area contributed by atoms with Crippen LogP contribution >= 0.6 is 11.8 Å². The molecule has 144 valence electrons. The molecule has 1 aliphatic carbocycles. The number of hydrogen-bond donors (Lipinski definition) is 3. The van der Waals surface area contributed by atoms with Crippen LogP contribution in [0.1, 0.15) is 17.5 Å². The number of rotatable bonds is 5. The van der Waals surface area contributed by atoms with Crippen LogP contribution in [0.15, 0.2) is 47.4 Å². The summed E-state index contributed by atoms with van der Waals surface area (Å²) in [6.45, 7) is 0. The quantitative estimate of drug-likeness (QED) is 0.535. The lowest BCUT2D eigenvalue weighted by atomic mass is 10.0. The molecule has 2 aromatic carbocycles. The van der Waals surface area contributed by atoms with Gasteiger partial charge in [0.05, 0.1) is 6.42 Å². The van der Waals surface area contributed by atoms with Gasteiger partial charge in [-0.2, -0.15) is 0 Å². The van der Waals surface area contributed by atoms with Gasteiger partial charge in [-0.1, -0.05) is 30.3 Å². The van der Waals surface area contributed by atoms with E-state index in [9.17, 15) is 14.4 Å². The van der Waals surface area contributed by atoms with E-state index >= 15 is 0 Å². The van der Waals surface area contributed by atoms with Gasteiger partial charge in [0.1, 0.15) is 6.04 Å². The maximum Gasteiger partial charge on any atom is 0.322 e. The smallest absolute Gasteiger partial charge is 0.322 e. The monoisotopic (exact) mass is 395 g/mol. The van der Waals surface area contributed by atoms with Crippen molar-refractivity contribution in [3.63, 3.8) is 0 Å². The molecule has 0 aromatic heterocycles. The number of amides is 4. The predicted octanol–water partition coefficient (Wildman–Crippen LogP) is 2.26. The van der Waals surface area contributed by atoms with Gasteiger partial charge >= 0.3 is 6.03 Å². The number of carbonyl (C=O) groups is 3. The van der Waals surface area contributed by atoms with E-state index in [0.29, 0.717) is 0 Å². The molecular formula is C21H21N3O3S. The van der Waals surface area contributed by atoms with E-state index in [4.69, 9.17) is 0 Å². The van der Waals surface area contributed by atoms with Crippen molar-refractivity contribution in [1.29, 1.82) is 0 Å². The van der Waals surface area contributed by atoms with E-state index in [1.54, 1.807) is 11.8 Å². The van der Waals surface area contributed by atoms with E-state index < -0.39 is 18.0 Å². The minimum Gasteiger partial charge on any atom is -0.353 e. The lowest BCUT2D eigenvalue weighted by Crippen LogP contribution is -2.40. The number of thioether (sulfide) groups is 1. The Balaban J connectivity index is 1.40. The minimum atomic E-state index is -0.786. The molecule has 6 nitrogen and oxygen atoms in total. The average molecular weight is 395 g/mol. The Morgan fingerprint density at radius 2 is 1.89 bits per heavy atom. The first kappa shape index (κ1) is 18.6. The molecule has 0 spiro atoms. The summed E-state index contributed by atoms with van der Waals surface area (Å²) in [5.74, 6) is -0.681. The van der Waals surface area contributed by atoms with E-state index in [-0.39, 0.29) is 18.4 Å². The van der Waals surface area contributed by atoms with Crippen molar-refractivity contribution in [3.8, 4) is 11.1 Å². The van der Waals surface area contributed by atoms with Crippen molar-refractivity contribution in [2.75, 3.05) is 6.26 Å². The summed E-state index contributed by atoms with van der Waals surface area (Å²) in [5.41, 5.74) is 4.84. The lowest BCUT2D eigenvalue weighted by molar-refractivity contribution is -0.126. The molecule has 1 aliphatic heterocycles. The van der Waals surface area contributed by atoms with Crippen LogP contribution < -0.4 is 16.0 Å². The molecule has 3 N–H and O–H groups in total. The molecule has 2 aliphatic rings. The third-order valence-electron chi connectivity index (χ3n) is 5.16. The molecule has 1 saturated heterocycles. The largest absolute Gasteiger partial charge is 0.353 e. The molecule has 1 fully saturated rings. The summed E-state index contributed by atoms with van der Waals surface area (Å²) >= 11 is 1.72. The highest BCUT2D eigenvalue weighted by atomic mass is 32.2. The highest BCUT2D eigenvalue weighted by Crippen LogP contribution is 2.30. The topological polar surface area (TPSA) is 87.3 Å². The van der Waals surface area contributed by atoms with E-state index in [1.807, 2.05) is 0 Å². The molecule has 7 heteroatoms. The summed E-state index contributed by atoms with van der Waals surface area (Å²) in [6.07, 6.45) is 3.56. The molecule has 0 bridgehead atoms. The third kappa shape index (κ3) is 3.89. The fourth-order valence-corrected chi connectivity index (χ4v) is 4.24. The molecule has 4 rings (SSSR count). The van der Waals surface area contributed by atoms with Gasteiger partial charge in [-0.3, -0.25) is 14.9 Å². The zero-order chi connectivity index (χ0) is 19.7. The van der Waals surface area contributed by atoms with Crippen LogP contribution in [0.5, 0.6) is 0 Å². The summed E-state index contributed by atoms with van der Waals surface area (Å²) in [4.78, 5) is 36.2. The highest BCUT2D eigenvalue weighted by molar-refractivity contribution is 7.98. The number of fused-ring (bicyclic) bond motifs is 1. The maximum absolute atomic E-state index is 12.3. The zero-order valence-electron chi connectivity index (χ0n) is 15.5. The number of nitrogens with one attached hydrogen (secondary N) is 3. The van der Waals surface area contributed by atoms with E-state index in [2.05, 4.69) is 64.7 Å². The Bertz CT molecular complexity index is 960. The number of carbonyl (C=O) groups excluding carboxylic acids is 3. The van der Waals surface area contributed by atoms with Gasteiger partial charge in [0, 0.05) is 10.9 Å². The van der Waals surface area contributed by atoms with Crippen LogP contribution in [0.3, 0.4) is 0 Å². The first-order valence-corrected chi connectivity index (χ1v) is 10.4. The average Bonchev–Trinajstić information content (AvgIpc) is 3.22. The minimum absolute atomic E-state index is 0.00967. The Labute approximate surface area is 167 Å². The third-order valence-corrected chi connectivity index (χ3v) is 5.88. The maximum atomic E-state index is 12.3. The first-order valence-electron chi connectivity index (χ1n) is 9.19. The van der Waals surface area contributed by atoms with Crippen LogP contribution in [0, 0.1) is 0 Å². The molecule has 28 heavy (non-hydrogen) atoms. The van der Waals surface area contributed by atoms with Crippen LogP contribution in [0.4, 0.5) is 4.79 Å². The molecule has 4 amide bonds. The molecule has 1 heterocycles. The van der Waals surface area contributed by atoms with Gasteiger partial charge in [-0.25, -0.2) is 4.79 Å². The Hall–Kier alpha value is -2.80. The highest BCUT2D eigenvalue weighted by Gasteiger charge is 2.32. The summed E-state index contributed by atoms with van der Waals surface area (Å²) in [5, 5.41) is 7.58. The normalized spacial score (nSPS) is 20.5. The summed E-state index contributed by atoms with van der Waals surface area (Å²) < 4.78 is 0. The van der Waals surface area contributed by atoms with Crippen LogP contribution in [0.25, 0.3) is 11.1 Å². The van der Waals surface area contributed by atoms with Gasteiger partial charge < -0.3 is 10.6 Å². The van der Waals surface area contributed by atoms with Gasteiger partial charge in [0.2, 0.25) is 5.91 Å². The second-order valence-corrected chi connectivity index (χ2v) is 7.99.